The van der Waals surface area contributed by atoms with Crippen LogP contribution in [0.15, 0.2) is 18.2 Å². The van der Waals surface area contributed by atoms with E-state index in [1.54, 1.807) is 20.1 Å². The topological polar surface area (TPSA) is 21.3 Å². The molecule has 1 unspecified atom stereocenters. The molecule has 16 heavy (non-hydrogen) atoms. The molecule has 88 valence electrons. The van der Waals surface area contributed by atoms with Crippen molar-refractivity contribution in [1.29, 1.82) is 0 Å². The van der Waals surface area contributed by atoms with Crippen LogP contribution in [-0.2, 0) is 4.74 Å². The van der Waals surface area contributed by atoms with Crippen LogP contribution in [0.5, 0.6) is 0 Å². The van der Waals surface area contributed by atoms with Gasteiger partial charge in [0, 0.05) is 18.4 Å². The first-order chi connectivity index (χ1) is 7.72. The number of hydrogen-bond donors (Lipinski definition) is 1. The fraction of sp³-hybridized carbons (Fsp3) is 0.538. The maximum Gasteiger partial charge on any atom is 0.128 e. The Morgan fingerprint density at radius 3 is 2.88 bits per heavy atom. The van der Waals surface area contributed by atoms with Gasteiger partial charge < -0.3 is 10.1 Å². The Hall–Kier alpha value is -1.09. The molecule has 1 aliphatic rings. The number of methoxy groups -OCH3 is 1. The molecule has 1 N–H and O–H groups in total. The molecule has 0 bridgehead atoms. The Kier molecular flexibility index (Phi) is 3.44. The van der Waals surface area contributed by atoms with Crippen molar-refractivity contribution in [2.24, 2.45) is 5.92 Å². The molecule has 1 fully saturated rings. The van der Waals surface area contributed by atoms with Gasteiger partial charge in [0.25, 0.3) is 0 Å². The number of halogens is 1. The van der Waals surface area contributed by atoms with Gasteiger partial charge in [-0.2, -0.15) is 0 Å². The predicted molar refractivity (Wildman–Crippen MR) is 63.1 cm³/mol. The summed E-state index contributed by atoms with van der Waals surface area (Å²) in [6.07, 6.45) is 2.49. The monoisotopic (exact) mass is 223 g/mol. The summed E-state index contributed by atoms with van der Waals surface area (Å²) >= 11 is 0. The van der Waals surface area contributed by atoms with E-state index in [1.165, 1.54) is 18.9 Å². The summed E-state index contributed by atoms with van der Waals surface area (Å²) in [4.78, 5) is 0. The quantitative estimate of drug-likeness (QED) is 0.828. The van der Waals surface area contributed by atoms with Gasteiger partial charge >= 0.3 is 0 Å². The minimum atomic E-state index is -0.156. The highest BCUT2D eigenvalue weighted by Gasteiger charge is 2.31. The minimum Gasteiger partial charge on any atom is -0.383 e. The molecule has 1 aromatic carbocycles. The van der Waals surface area contributed by atoms with Gasteiger partial charge in [-0.25, -0.2) is 4.39 Å². The predicted octanol–water partition coefficient (Wildman–Crippen LogP) is 2.97. The molecule has 0 saturated heterocycles. The van der Waals surface area contributed by atoms with Gasteiger partial charge in [-0.15, -0.1) is 0 Å². The van der Waals surface area contributed by atoms with Crippen molar-refractivity contribution in [2.45, 2.75) is 25.8 Å². The standard InChI is InChI=1S/C13H18FNO/c1-9-11(14)4-3-5-12(9)15-13(8-16-2)10-6-7-10/h3-5,10,13,15H,6-8H2,1-2H3. The summed E-state index contributed by atoms with van der Waals surface area (Å²) in [5.41, 5.74) is 1.57. The first-order valence-corrected chi connectivity index (χ1v) is 5.73. The third-order valence-corrected chi connectivity index (χ3v) is 3.15. The lowest BCUT2D eigenvalue weighted by Crippen LogP contribution is -2.27. The van der Waals surface area contributed by atoms with Crippen LogP contribution >= 0.6 is 0 Å². The van der Waals surface area contributed by atoms with Gasteiger partial charge in [0.1, 0.15) is 5.82 Å². The third-order valence-electron chi connectivity index (χ3n) is 3.15. The zero-order valence-electron chi connectivity index (χ0n) is 9.79. The van der Waals surface area contributed by atoms with E-state index in [2.05, 4.69) is 5.32 Å². The number of hydrogen-bond acceptors (Lipinski definition) is 2. The molecule has 1 saturated carbocycles. The largest absolute Gasteiger partial charge is 0.383 e. The molecule has 0 radical (unpaired) electrons. The first-order valence-electron chi connectivity index (χ1n) is 5.73. The van der Waals surface area contributed by atoms with Crippen LogP contribution in [0.25, 0.3) is 0 Å². The van der Waals surface area contributed by atoms with Crippen LogP contribution in [0, 0.1) is 18.7 Å². The molecule has 1 atom stereocenters. The molecule has 2 rings (SSSR count). The van der Waals surface area contributed by atoms with Crippen LogP contribution in [0.1, 0.15) is 18.4 Å². The van der Waals surface area contributed by atoms with Gasteiger partial charge in [0.15, 0.2) is 0 Å². The average molecular weight is 223 g/mol. The van der Waals surface area contributed by atoms with Gasteiger partial charge in [-0.3, -0.25) is 0 Å². The molecule has 0 amide bonds. The van der Waals surface area contributed by atoms with Crippen molar-refractivity contribution in [3.05, 3.63) is 29.6 Å². The Balaban J connectivity index is 2.08. The highest BCUT2D eigenvalue weighted by atomic mass is 19.1. The summed E-state index contributed by atoms with van der Waals surface area (Å²) in [5.74, 6) is 0.527. The van der Waals surface area contributed by atoms with E-state index in [9.17, 15) is 4.39 Å². The number of rotatable bonds is 5. The van der Waals surface area contributed by atoms with E-state index in [-0.39, 0.29) is 5.82 Å². The minimum absolute atomic E-state index is 0.156. The number of anilines is 1. The lowest BCUT2D eigenvalue weighted by molar-refractivity contribution is 0.179. The first kappa shape index (κ1) is 11.4. The molecule has 0 aromatic heterocycles. The van der Waals surface area contributed by atoms with Crippen LogP contribution in [0.2, 0.25) is 0 Å². The van der Waals surface area contributed by atoms with E-state index >= 15 is 0 Å². The summed E-state index contributed by atoms with van der Waals surface area (Å²) in [7, 11) is 1.70. The van der Waals surface area contributed by atoms with Gasteiger partial charge in [0.05, 0.1) is 12.6 Å². The van der Waals surface area contributed by atoms with Crippen molar-refractivity contribution in [3.8, 4) is 0 Å². The summed E-state index contributed by atoms with van der Waals surface area (Å²) in [5, 5.41) is 3.39. The van der Waals surface area contributed by atoms with Crippen LogP contribution < -0.4 is 5.32 Å². The molecule has 1 aliphatic carbocycles. The average Bonchev–Trinajstić information content (AvgIpc) is 3.07. The van der Waals surface area contributed by atoms with E-state index in [4.69, 9.17) is 4.74 Å². The smallest absolute Gasteiger partial charge is 0.128 e. The van der Waals surface area contributed by atoms with Gasteiger partial charge in [0.2, 0.25) is 0 Å². The summed E-state index contributed by atoms with van der Waals surface area (Å²) < 4.78 is 18.6. The molecule has 0 spiro atoms. The highest BCUT2D eigenvalue weighted by molar-refractivity contribution is 5.51. The molecular formula is C13H18FNO. The normalized spacial score (nSPS) is 17.2. The van der Waals surface area contributed by atoms with Crippen molar-refractivity contribution >= 4 is 5.69 Å². The fourth-order valence-corrected chi connectivity index (χ4v) is 1.94. The van der Waals surface area contributed by atoms with Crippen molar-refractivity contribution in [2.75, 3.05) is 19.0 Å². The van der Waals surface area contributed by atoms with Crippen molar-refractivity contribution in [1.82, 2.24) is 0 Å². The van der Waals surface area contributed by atoms with Gasteiger partial charge in [-0.1, -0.05) is 6.07 Å². The van der Waals surface area contributed by atoms with Crippen molar-refractivity contribution in [3.63, 3.8) is 0 Å². The lowest BCUT2D eigenvalue weighted by atomic mass is 10.1. The highest BCUT2D eigenvalue weighted by Crippen LogP contribution is 2.35. The second-order valence-electron chi connectivity index (χ2n) is 4.46. The molecule has 0 aliphatic heterocycles. The third kappa shape index (κ3) is 2.53. The van der Waals surface area contributed by atoms with E-state index in [0.717, 1.165) is 5.69 Å². The Bertz CT molecular complexity index is 363. The zero-order chi connectivity index (χ0) is 11.5. The number of nitrogens with one attached hydrogen (secondary N) is 1. The van der Waals surface area contributed by atoms with Crippen molar-refractivity contribution < 1.29 is 9.13 Å². The number of ether oxygens (including phenoxy) is 1. The Labute approximate surface area is 95.8 Å². The number of benzene rings is 1. The lowest BCUT2D eigenvalue weighted by Gasteiger charge is -2.20. The summed E-state index contributed by atoms with van der Waals surface area (Å²) in [6.45, 7) is 2.48. The Morgan fingerprint density at radius 2 is 2.25 bits per heavy atom. The van der Waals surface area contributed by atoms with E-state index < -0.39 is 0 Å². The zero-order valence-corrected chi connectivity index (χ0v) is 9.79. The molecule has 1 aromatic rings. The van der Waals surface area contributed by atoms with Crippen LogP contribution in [-0.4, -0.2) is 19.8 Å². The summed E-state index contributed by atoms with van der Waals surface area (Å²) in [6, 6.07) is 5.46. The van der Waals surface area contributed by atoms with Gasteiger partial charge in [-0.05, 0) is 37.8 Å². The Morgan fingerprint density at radius 1 is 1.50 bits per heavy atom. The maximum absolute atomic E-state index is 13.4. The second kappa shape index (κ2) is 4.83. The molecular weight excluding hydrogens is 205 g/mol. The van der Waals surface area contributed by atoms with E-state index in [1.807, 2.05) is 6.07 Å². The van der Waals surface area contributed by atoms with E-state index in [0.29, 0.717) is 24.1 Å². The molecule has 2 nitrogen and oxygen atoms in total. The fourth-order valence-electron chi connectivity index (χ4n) is 1.94. The maximum atomic E-state index is 13.4. The second-order valence-corrected chi connectivity index (χ2v) is 4.46. The van der Waals surface area contributed by atoms with Crippen LogP contribution in [0.3, 0.4) is 0 Å². The molecule has 3 heteroatoms. The molecule has 0 heterocycles. The SMILES string of the molecule is COCC(Nc1cccc(F)c1C)C1CC1. The van der Waals surface area contributed by atoms with Crippen LogP contribution in [0.4, 0.5) is 10.1 Å².